The summed E-state index contributed by atoms with van der Waals surface area (Å²) in [5, 5.41) is 0.698. The number of halogens is 1. The molecule has 0 spiro atoms. The number of piperidine rings is 1. The highest BCUT2D eigenvalue weighted by molar-refractivity contribution is 6.31. The molecular weight excluding hydrogens is 358 g/mol. The van der Waals surface area contributed by atoms with E-state index in [0.29, 0.717) is 23.5 Å². The zero-order valence-corrected chi connectivity index (χ0v) is 16.4. The first-order valence-corrected chi connectivity index (χ1v) is 10.2. The summed E-state index contributed by atoms with van der Waals surface area (Å²) in [6.45, 7) is 0. The smallest absolute Gasteiger partial charge is 0.314 e. The molecule has 4 rings (SSSR count). The van der Waals surface area contributed by atoms with Gasteiger partial charge in [0.25, 0.3) is 0 Å². The quantitative estimate of drug-likeness (QED) is 0.692. The molecule has 0 radical (unpaired) electrons. The Morgan fingerprint density at radius 2 is 1.70 bits per heavy atom. The van der Waals surface area contributed by atoms with Crippen LogP contribution in [0.5, 0.6) is 0 Å². The average molecular weight is 384 g/mol. The first kappa shape index (κ1) is 18.5. The van der Waals surface area contributed by atoms with E-state index in [0.717, 1.165) is 24.0 Å². The molecule has 1 unspecified atom stereocenters. The van der Waals surface area contributed by atoms with Crippen LogP contribution in [0, 0.1) is 0 Å². The third kappa shape index (κ3) is 4.04. The molecule has 3 nitrogen and oxygen atoms in total. The summed E-state index contributed by atoms with van der Waals surface area (Å²) in [4.78, 5) is 15.6. The van der Waals surface area contributed by atoms with Gasteiger partial charge in [0.15, 0.2) is 0 Å². The lowest BCUT2D eigenvalue weighted by Crippen LogP contribution is -2.43. The Labute approximate surface area is 166 Å². The Bertz CT molecular complexity index is 780. The van der Waals surface area contributed by atoms with E-state index in [-0.39, 0.29) is 18.0 Å². The molecule has 142 valence electrons. The lowest BCUT2D eigenvalue weighted by molar-refractivity contribution is -0.154. The van der Waals surface area contributed by atoms with Gasteiger partial charge in [-0.05, 0) is 56.3 Å². The molecule has 2 aromatic carbocycles. The predicted molar refractivity (Wildman–Crippen MR) is 108 cm³/mol. The number of esters is 1. The molecule has 2 aliphatic heterocycles. The van der Waals surface area contributed by atoms with Crippen LogP contribution in [0.2, 0.25) is 5.02 Å². The minimum absolute atomic E-state index is 0.0312. The zero-order chi connectivity index (χ0) is 18.8. The second-order valence-electron chi connectivity index (χ2n) is 7.84. The number of fused-ring (bicyclic) bond motifs is 2. The predicted octanol–water partition coefficient (Wildman–Crippen LogP) is 4.83. The number of nitrogens with zero attached hydrogens (tertiary/aromatic N) is 1. The van der Waals surface area contributed by atoms with Gasteiger partial charge >= 0.3 is 5.97 Å². The molecule has 2 saturated heterocycles. The average Bonchev–Trinajstić information content (AvgIpc) is 2.89. The summed E-state index contributed by atoms with van der Waals surface area (Å²) < 4.78 is 6.04. The number of hydrogen-bond donors (Lipinski definition) is 0. The van der Waals surface area contributed by atoms with Gasteiger partial charge < -0.3 is 9.64 Å². The highest BCUT2D eigenvalue weighted by Crippen LogP contribution is 2.36. The van der Waals surface area contributed by atoms with E-state index >= 15 is 0 Å². The second kappa shape index (κ2) is 8.04. The Balaban J connectivity index is 1.52. The minimum atomic E-state index is -0.330. The van der Waals surface area contributed by atoms with Crippen molar-refractivity contribution in [2.45, 2.75) is 56.2 Å². The Hall–Kier alpha value is -1.84. The maximum absolute atomic E-state index is 13.2. The molecule has 0 N–H and O–H groups in total. The molecule has 2 aromatic rings. The van der Waals surface area contributed by atoms with Gasteiger partial charge in [-0.25, -0.2) is 0 Å². The van der Waals surface area contributed by atoms with Crippen molar-refractivity contribution < 1.29 is 9.53 Å². The molecule has 4 heteroatoms. The Morgan fingerprint density at radius 1 is 1.07 bits per heavy atom. The largest absolute Gasteiger partial charge is 0.462 e. The summed E-state index contributed by atoms with van der Waals surface area (Å²) in [7, 11) is 2.20. The van der Waals surface area contributed by atoms with Gasteiger partial charge in [-0.3, -0.25) is 4.79 Å². The minimum Gasteiger partial charge on any atom is -0.462 e. The number of hydrogen-bond acceptors (Lipinski definition) is 3. The van der Waals surface area contributed by atoms with Gasteiger partial charge in [0.1, 0.15) is 6.10 Å². The number of benzene rings is 2. The van der Waals surface area contributed by atoms with Crippen LogP contribution >= 0.6 is 11.6 Å². The Kier molecular flexibility index (Phi) is 5.51. The molecule has 0 aliphatic carbocycles. The van der Waals surface area contributed by atoms with Crippen molar-refractivity contribution >= 4 is 17.6 Å². The number of rotatable bonds is 5. The molecular formula is C23H26ClNO2. The van der Waals surface area contributed by atoms with E-state index in [2.05, 4.69) is 11.9 Å². The van der Waals surface area contributed by atoms with Crippen LogP contribution in [0.4, 0.5) is 0 Å². The maximum Gasteiger partial charge on any atom is 0.314 e. The van der Waals surface area contributed by atoms with Crippen LogP contribution in [0.25, 0.3) is 0 Å². The highest BCUT2D eigenvalue weighted by Gasteiger charge is 2.40. The third-order valence-electron chi connectivity index (χ3n) is 6.21. The lowest BCUT2D eigenvalue weighted by atomic mass is 9.91. The van der Waals surface area contributed by atoms with E-state index in [9.17, 15) is 4.79 Å². The van der Waals surface area contributed by atoms with Crippen molar-refractivity contribution in [2.75, 3.05) is 7.05 Å². The van der Waals surface area contributed by atoms with Crippen molar-refractivity contribution in [3.8, 4) is 0 Å². The summed E-state index contributed by atoms with van der Waals surface area (Å²) in [5.74, 6) is -0.460. The standard InChI is InChI=1S/C23H26ClNO2/c1-25-18-11-12-19(25)15-20(14-18)27-23(26)21(16-7-3-2-4-8-16)13-17-9-5-6-10-22(17)24/h2-10,18-21H,11-15H2,1H3/t18-,19+,20+,21?. The summed E-state index contributed by atoms with van der Waals surface area (Å²) in [5.41, 5.74) is 1.96. The molecule has 0 amide bonds. The van der Waals surface area contributed by atoms with E-state index in [4.69, 9.17) is 16.3 Å². The molecule has 0 aromatic heterocycles. The third-order valence-corrected chi connectivity index (χ3v) is 6.57. The van der Waals surface area contributed by atoms with Gasteiger partial charge in [-0.2, -0.15) is 0 Å². The number of carbonyl (C=O) groups is 1. The van der Waals surface area contributed by atoms with E-state index in [1.54, 1.807) is 0 Å². The Morgan fingerprint density at radius 3 is 2.37 bits per heavy atom. The summed E-state index contributed by atoms with van der Waals surface area (Å²) in [6, 6.07) is 18.8. The fourth-order valence-electron chi connectivity index (χ4n) is 4.61. The lowest BCUT2D eigenvalue weighted by Gasteiger charge is -2.36. The first-order valence-electron chi connectivity index (χ1n) is 9.82. The summed E-state index contributed by atoms with van der Waals surface area (Å²) in [6.07, 6.45) is 4.93. The van der Waals surface area contributed by atoms with Gasteiger partial charge in [-0.15, -0.1) is 0 Å². The normalized spacial score (nSPS) is 25.9. The molecule has 2 aliphatic rings. The van der Waals surface area contributed by atoms with Crippen molar-refractivity contribution in [1.29, 1.82) is 0 Å². The van der Waals surface area contributed by atoms with Crippen LogP contribution in [0.3, 0.4) is 0 Å². The van der Waals surface area contributed by atoms with Crippen LogP contribution in [-0.4, -0.2) is 36.1 Å². The van der Waals surface area contributed by atoms with Gasteiger partial charge in [-0.1, -0.05) is 60.1 Å². The highest BCUT2D eigenvalue weighted by atomic mass is 35.5. The number of carbonyl (C=O) groups excluding carboxylic acids is 1. The fourth-order valence-corrected chi connectivity index (χ4v) is 4.82. The van der Waals surface area contributed by atoms with Gasteiger partial charge in [0, 0.05) is 17.1 Å². The SMILES string of the molecule is CN1[C@@H]2CC[C@H]1C[C@@H](OC(=O)C(Cc1ccccc1Cl)c1ccccc1)C2. The number of ether oxygens (including phenoxy) is 1. The zero-order valence-electron chi connectivity index (χ0n) is 15.7. The molecule has 2 heterocycles. The second-order valence-corrected chi connectivity index (χ2v) is 8.25. The van der Waals surface area contributed by atoms with Crippen LogP contribution in [-0.2, 0) is 16.0 Å². The van der Waals surface area contributed by atoms with Gasteiger partial charge in [0.2, 0.25) is 0 Å². The summed E-state index contributed by atoms with van der Waals surface area (Å²) >= 11 is 6.36. The molecule has 27 heavy (non-hydrogen) atoms. The van der Waals surface area contributed by atoms with Crippen molar-refractivity contribution in [3.63, 3.8) is 0 Å². The van der Waals surface area contributed by atoms with Crippen molar-refractivity contribution in [1.82, 2.24) is 4.90 Å². The molecule has 2 bridgehead atoms. The van der Waals surface area contributed by atoms with Crippen molar-refractivity contribution in [2.24, 2.45) is 0 Å². The fraction of sp³-hybridized carbons (Fsp3) is 0.435. The van der Waals surface area contributed by atoms with E-state index in [1.165, 1.54) is 12.8 Å². The van der Waals surface area contributed by atoms with Gasteiger partial charge in [0.05, 0.1) is 5.92 Å². The van der Waals surface area contributed by atoms with Crippen LogP contribution < -0.4 is 0 Å². The molecule has 4 atom stereocenters. The van der Waals surface area contributed by atoms with Crippen LogP contribution in [0.15, 0.2) is 54.6 Å². The van der Waals surface area contributed by atoms with Crippen molar-refractivity contribution in [3.05, 3.63) is 70.7 Å². The van der Waals surface area contributed by atoms with Crippen LogP contribution in [0.1, 0.15) is 42.7 Å². The maximum atomic E-state index is 13.2. The first-order chi connectivity index (χ1) is 13.1. The molecule has 0 saturated carbocycles. The van der Waals surface area contributed by atoms with E-state index < -0.39 is 0 Å². The van der Waals surface area contributed by atoms with E-state index in [1.807, 2.05) is 54.6 Å². The monoisotopic (exact) mass is 383 g/mol. The topological polar surface area (TPSA) is 29.5 Å². The molecule has 2 fully saturated rings.